The van der Waals surface area contributed by atoms with E-state index in [1.807, 2.05) is 6.92 Å². The molecule has 0 saturated heterocycles. The lowest BCUT2D eigenvalue weighted by Gasteiger charge is -2.04. The zero-order valence-electron chi connectivity index (χ0n) is 15.8. The van der Waals surface area contributed by atoms with Gasteiger partial charge < -0.3 is 9.26 Å². The Hall–Kier alpha value is -2.43. The maximum atomic E-state index is 11.8. The van der Waals surface area contributed by atoms with Crippen LogP contribution in [0.5, 0.6) is 0 Å². The highest BCUT2D eigenvalue weighted by molar-refractivity contribution is 5.87. The number of ether oxygens (including phenoxy) is 1. The van der Waals surface area contributed by atoms with Crippen molar-refractivity contribution in [3.8, 4) is 0 Å². The van der Waals surface area contributed by atoms with Crippen molar-refractivity contribution in [1.29, 1.82) is 0 Å². The van der Waals surface area contributed by atoms with Crippen LogP contribution in [-0.4, -0.2) is 22.7 Å². The van der Waals surface area contributed by atoms with E-state index in [-0.39, 0.29) is 6.42 Å². The van der Waals surface area contributed by atoms with Gasteiger partial charge in [0.2, 0.25) is 5.89 Å². The van der Waals surface area contributed by atoms with E-state index in [4.69, 9.17) is 9.26 Å². The summed E-state index contributed by atoms with van der Waals surface area (Å²) in [4.78, 5) is 16.2. The van der Waals surface area contributed by atoms with E-state index in [1.54, 1.807) is 0 Å². The number of hydrogen-bond donors (Lipinski definition) is 0. The van der Waals surface area contributed by atoms with Gasteiger partial charge in [-0.15, -0.1) is 0 Å². The molecule has 0 saturated carbocycles. The van der Waals surface area contributed by atoms with Crippen molar-refractivity contribution in [2.45, 2.75) is 58.8 Å². The third-order valence-corrected chi connectivity index (χ3v) is 4.10. The molecule has 140 valence electrons. The second-order valence-electron chi connectivity index (χ2n) is 6.47. The van der Waals surface area contributed by atoms with E-state index in [2.05, 4.69) is 47.9 Å². The van der Waals surface area contributed by atoms with Crippen molar-refractivity contribution in [3.63, 3.8) is 0 Å². The number of benzene rings is 1. The Morgan fingerprint density at radius 2 is 1.81 bits per heavy atom. The first-order valence-electron chi connectivity index (χ1n) is 9.36. The second kappa shape index (κ2) is 10.5. The van der Waals surface area contributed by atoms with Crippen LogP contribution in [0.1, 0.15) is 62.4 Å². The van der Waals surface area contributed by atoms with Gasteiger partial charge in [0.15, 0.2) is 5.82 Å². The van der Waals surface area contributed by atoms with Crippen molar-refractivity contribution in [3.05, 3.63) is 59.3 Å². The standard InChI is InChI=1S/C21H28N2O3/c1-4-6-8-17-9-11-18(12-10-17)15-19-22-20(26-23-19)14-16(3)21(24)25-13-7-5-2/h9-12H,3-8,13-15H2,1-2H3. The van der Waals surface area contributed by atoms with Gasteiger partial charge >= 0.3 is 5.97 Å². The number of hydrogen-bond acceptors (Lipinski definition) is 5. The summed E-state index contributed by atoms with van der Waals surface area (Å²) in [5.74, 6) is 0.589. The lowest BCUT2D eigenvalue weighted by Crippen LogP contribution is -2.10. The third kappa shape index (κ3) is 6.47. The molecular formula is C21H28N2O3. The van der Waals surface area contributed by atoms with Crippen LogP contribution in [0.4, 0.5) is 0 Å². The summed E-state index contributed by atoms with van der Waals surface area (Å²) < 4.78 is 10.4. The summed E-state index contributed by atoms with van der Waals surface area (Å²) in [6, 6.07) is 8.51. The van der Waals surface area contributed by atoms with Crippen molar-refractivity contribution in [1.82, 2.24) is 10.1 Å². The van der Waals surface area contributed by atoms with Crippen LogP contribution in [0.25, 0.3) is 0 Å². The summed E-state index contributed by atoms with van der Waals surface area (Å²) in [7, 11) is 0. The molecule has 0 aliphatic heterocycles. The van der Waals surface area contributed by atoms with E-state index in [0.717, 1.165) is 24.8 Å². The number of aryl methyl sites for hydroxylation is 1. The predicted molar refractivity (Wildman–Crippen MR) is 101 cm³/mol. The van der Waals surface area contributed by atoms with Crippen LogP contribution in [0.15, 0.2) is 40.9 Å². The summed E-state index contributed by atoms with van der Waals surface area (Å²) >= 11 is 0. The fourth-order valence-corrected chi connectivity index (χ4v) is 2.49. The number of nitrogens with zero attached hydrogens (tertiary/aromatic N) is 2. The van der Waals surface area contributed by atoms with Gasteiger partial charge in [-0.1, -0.05) is 62.7 Å². The van der Waals surface area contributed by atoms with Crippen LogP contribution in [0.2, 0.25) is 0 Å². The van der Waals surface area contributed by atoms with Crippen molar-refractivity contribution in [2.24, 2.45) is 0 Å². The van der Waals surface area contributed by atoms with Gasteiger partial charge in [-0.05, 0) is 30.4 Å². The second-order valence-corrected chi connectivity index (χ2v) is 6.47. The van der Waals surface area contributed by atoms with E-state index in [1.165, 1.54) is 18.4 Å². The Bertz CT molecular complexity index is 704. The Balaban J connectivity index is 1.85. The lowest BCUT2D eigenvalue weighted by molar-refractivity contribution is -0.139. The number of carbonyl (C=O) groups is 1. The highest BCUT2D eigenvalue weighted by atomic mass is 16.5. The van der Waals surface area contributed by atoms with E-state index in [9.17, 15) is 4.79 Å². The number of rotatable bonds is 11. The highest BCUT2D eigenvalue weighted by Gasteiger charge is 2.14. The molecule has 0 aliphatic carbocycles. The summed E-state index contributed by atoms with van der Waals surface area (Å²) in [6.07, 6.45) is 6.16. The number of aromatic nitrogens is 2. The number of esters is 1. The van der Waals surface area contributed by atoms with Crippen LogP contribution >= 0.6 is 0 Å². The van der Waals surface area contributed by atoms with Gasteiger partial charge in [0.1, 0.15) is 0 Å². The minimum absolute atomic E-state index is 0.216. The van der Waals surface area contributed by atoms with Crippen LogP contribution in [0, 0.1) is 0 Å². The van der Waals surface area contributed by atoms with Crippen molar-refractivity contribution < 1.29 is 14.1 Å². The molecule has 0 N–H and O–H groups in total. The Morgan fingerprint density at radius 3 is 2.50 bits per heavy atom. The molecule has 1 aromatic heterocycles. The third-order valence-electron chi connectivity index (χ3n) is 4.10. The molecule has 2 rings (SSSR count). The van der Waals surface area contributed by atoms with E-state index in [0.29, 0.717) is 30.3 Å². The molecule has 0 unspecified atom stereocenters. The first kappa shape index (κ1) is 19.9. The Labute approximate surface area is 155 Å². The largest absolute Gasteiger partial charge is 0.462 e. The minimum Gasteiger partial charge on any atom is -0.462 e. The molecule has 5 nitrogen and oxygen atoms in total. The molecular weight excluding hydrogens is 328 g/mol. The van der Waals surface area contributed by atoms with E-state index >= 15 is 0 Å². The smallest absolute Gasteiger partial charge is 0.333 e. The van der Waals surface area contributed by atoms with Crippen molar-refractivity contribution in [2.75, 3.05) is 6.61 Å². The maximum absolute atomic E-state index is 11.8. The predicted octanol–water partition coefficient (Wildman–Crippen LogP) is 4.45. The van der Waals surface area contributed by atoms with Crippen molar-refractivity contribution >= 4 is 5.97 Å². The monoisotopic (exact) mass is 356 g/mol. The molecule has 0 bridgehead atoms. The molecule has 5 heteroatoms. The van der Waals surface area contributed by atoms with Gasteiger partial charge in [-0.3, -0.25) is 0 Å². The lowest BCUT2D eigenvalue weighted by atomic mass is 10.0. The zero-order valence-corrected chi connectivity index (χ0v) is 15.8. The van der Waals surface area contributed by atoms with Gasteiger partial charge in [0.05, 0.1) is 13.0 Å². The molecule has 0 amide bonds. The Morgan fingerprint density at radius 1 is 1.12 bits per heavy atom. The SMILES string of the molecule is C=C(Cc1nc(Cc2ccc(CCCC)cc2)no1)C(=O)OCCCC. The minimum atomic E-state index is -0.402. The first-order chi connectivity index (χ1) is 12.6. The molecule has 0 atom stereocenters. The fourth-order valence-electron chi connectivity index (χ4n) is 2.49. The number of carbonyl (C=O) groups excluding carboxylic acids is 1. The fraction of sp³-hybridized carbons (Fsp3) is 0.476. The average Bonchev–Trinajstić information content (AvgIpc) is 3.08. The Kier molecular flexibility index (Phi) is 8.06. The van der Waals surface area contributed by atoms with Gasteiger partial charge in [-0.25, -0.2) is 4.79 Å². The van der Waals surface area contributed by atoms with Gasteiger partial charge in [-0.2, -0.15) is 4.98 Å². The zero-order chi connectivity index (χ0) is 18.8. The molecule has 2 aromatic rings. The molecule has 1 heterocycles. The highest BCUT2D eigenvalue weighted by Crippen LogP contribution is 2.12. The van der Waals surface area contributed by atoms with Crippen LogP contribution in [0.3, 0.4) is 0 Å². The van der Waals surface area contributed by atoms with Gasteiger partial charge in [0.25, 0.3) is 0 Å². The first-order valence-corrected chi connectivity index (χ1v) is 9.36. The average molecular weight is 356 g/mol. The van der Waals surface area contributed by atoms with Crippen LogP contribution in [-0.2, 0) is 28.8 Å². The topological polar surface area (TPSA) is 65.2 Å². The van der Waals surface area contributed by atoms with E-state index < -0.39 is 5.97 Å². The normalized spacial score (nSPS) is 10.7. The number of unbranched alkanes of at least 4 members (excludes halogenated alkanes) is 2. The summed E-state index contributed by atoms with van der Waals surface area (Å²) in [5, 5.41) is 3.99. The molecule has 0 aliphatic rings. The molecule has 0 fully saturated rings. The molecule has 26 heavy (non-hydrogen) atoms. The summed E-state index contributed by atoms with van der Waals surface area (Å²) in [6.45, 7) is 8.41. The quantitative estimate of drug-likeness (QED) is 0.338. The molecule has 1 aromatic carbocycles. The molecule has 0 radical (unpaired) electrons. The molecule has 0 spiro atoms. The maximum Gasteiger partial charge on any atom is 0.333 e. The van der Waals surface area contributed by atoms with Crippen LogP contribution < -0.4 is 0 Å². The summed E-state index contributed by atoms with van der Waals surface area (Å²) in [5.41, 5.74) is 2.81. The van der Waals surface area contributed by atoms with Gasteiger partial charge in [0, 0.05) is 12.0 Å².